The molecule has 2 N–H and O–H groups in total. The first-order chi connectivity index (χ1) is 9.16. The van der Waals surface area contributed by atoms with E-state index in [0.29, 0.717) is 10.6 Å². The molecule has 0 saturated heterocycles. The normalized spacial score (nSPS) is 16.6. The molecule has 1 heterocycles. The summed E-state index contributed by atoms with van der Waals surface area (Å²) in [5.41, 5.74) is 1.60. The Kier molecular flexibility index (Phi) is 6.16. The van der Waals surface area contributed by atoms with E-state index >= 15 is 0 Å². The lowest BCUT2D eigenvalue weighted by Gasteiger charge is -2.19. The summed E-state index contributed by atoms with van der Waals surface area (Å²) in [6.07, 6.45) is 5.51. The van der Waals surface area contributed by atoms with Gasteiger partial charge in [0.15, 0.2) is 0 Å². The summed E-state index contributed by atoms with van der Waals surface area (Å²) >= 11 is 5.95. The molecular formula is C15H19ClN2O. The van der Waals surface area contributed by atoms with Crippen molar-refractivity contribution in [2.45, 2.75) is 26.9 Å². The van der Waals surface area contributed by atoms with Gasteiger partial charge in [-0.05, 0) is 30.7 Å². The number of amides is 1. The molecule has 19 heavy (non-hydrogen) atoms. The summed E-state index contributed by atoms with van der Waals surface area (Å²) in [4.78, 5) is 11.9. The average Bonchev–Trinajstić information content (AvgIpc) is 2.44. The van der Waals surface area contributed by atoms with Crippen LogP contribution in [-0.2, 0) is 0 Å². The number of dihydropyridines is 1. The van der Waals surface area contributed by atoms with Crippen LogP contribution in [0.15, 0.2) is 48.2 Å². The second-order valence-corrected chi connectivity index (χ2v) is 4.25. The van der Waals surface area contributed by atoms with Crippen molar-refractivity contribution < 1.29 is 4.79 Å². The third-order valence-corrected chi connectivity index (χ3v) is 2.78. The Balaban J connectivity index is 0.000000861. The first-order valence-electron chi connectivity index (χ1n) is 6.33. The van der Waals surface area contributed by atoms with Gasteiger partial charge >= 0.3 is 0 Å². The lowest BCUT2D eigenvalue weighted by atomic mass is 10.2. The van der Waals surface area contributed by atoms with E-state index in [4.69, 9.17) is 11.6 Å². The maximum Gasteiger partial charge on any atom is 0.254 e. The van der Waals surface area contributed by atoms with E-state index in [9.17, 15) is 4.79 Å². The number of rotatable bonds is 2. The molecule has 2 rings (SSSR count). The molecule has 1 aliphatic rings. The molecule has 1 aromatic rings. The molecule has 0 radical (unpaired) electrons. The fraction of sp³-hybridized carbons (Fsp3) is 0.267. The van der Waals surface area contributed by atoms with E-state index in [1.165, 1.54) is 0 Å². The van der Waals surface area contributed by atoms with E-state index < -0.39 is 0 Å². The van der Waals surface area contributed by atoms with Gasteiger partial charge in [0.05, 0.1) is 10.6 Å². The van der Waals surface area contributed by atoms with E-state index in [1.807, 2.05) is 39.1 Å². The summed E-state index contributed by atoms with van der Waals surface area (Å²) in [6.45, 7) is 5.98. The van der Waals surface area contributed by atoms with Crippen LogP contribution in [0, 0.1) is 0 Å². The topological polar surface area (TPSA) is 41.1 Å². The van der Waals surface area contributed by atoms with Crippen molar-refractivity contribution in [1.82, 2.24) is 10.6 Å². The lowest BCUT2D eigenvalue weighted by molar-refractivity contribution is 0.0941. The van der Waals surface area contributed by atoms with Crippen molar-refractivity contribution in [3.63, 3.8) is 0 Å². The minimum atomic E-state index is -0.192. The van der Waals surface area contributed by atoms with Gasteiger partial charge in [-0.15, -0.1) is 0 Å². The molecule has 102 valence electrons. The van der Waals surface area contributed by atoms with Crippen molar-refractivity contribution in [1.29, 1.82) is 0 Å². The second kappa shape index (κ2) is 7.64. The molecule has 1 atom stereocenters. The van der Waals surface area contributed by atoms with Gasteiger partial charge in [-0.2, -0.15) is 0 Å². The quantitative estimate of drug-likeness (QED) is 0.869. The SMILES string of the molecule is CC.CC1=CNC(NC(=O)c2ccccc2Cl)C=C1. The second-order valence-electron chi connectivity index (χ2n) is 3.85. The maximum atomic E-state index is 11.9. The number of nitrogens with one attached hydrogen (secondary N) is 2. The highest BCUT2D eigenvalue weighted by molar-refractivity contribution is 6.33. The van der Waals surface area contributed by atoms with Crippen molar-refractivity contribution in [3.8, 4) is 0 Å². The van der Waals surface area contributed by atoms with E-state index in [1.54, 1.807) is 24.3 Å². The Bertz CT molecular complexity index is 495. The number of hydrogen-bond donors (Lipinski definition) is 2. The number of benzene rings is 1. The summed E-state index contributed by atoms with van der Waals surface area (Å²) < 4.78 is 0. The van der Waals surface area contributed by atoms with Gasteiger partial charge in [0.25, 0.3) is 5.91 Å². The van der Waals surface area contributed by atoms with Crippen LogP contribution >= 0.6 is 11.6 Å². The van der Waals surface area contributed by atoms with Gasteiger partial charge in [-0.1, -0.05) is 43.7 Å². The Morgan fingerprint density at radius 1 is 1.32 bits per heavy atom. The zero-order chi connectivity index (χ0) is 14.3. The molecule has 1 unspecified atom stereocenters. The number of carbonyl (C=O) groups is 1. The van der Waals surface area contributed by atoms with Crippen LogP contribution in [0.2, 0.25) is 5.02 Å². The zero-order valence-corrected chi connectivity index (χ0v) is 12.2. The fourth-order valence-corrected chi connectivity index (χ4v) is 1.75. The van der Waals surface area contributed by atoms with E-state index in [-0.39, 0.29) is 12.1 Å². The number of hydrogen-bond acceptors (Lipinski definition) is 2. The molecule has 0 bridgehead atoms. The number of carbonyl (C=O) groups excluding carboxylic acids is 1. The van der Waals surface area contributed by atoms with E-state index in [0.717, 1.165) is 5.57 Å². The van der Waals surface area contributed by atoms with Gasteiger partial charge in [0.2, 0.25) is 0 Å². The predicted octanol–water partition coefficient (Wildman–Crippen LogP) is 3.49. The van der Waals surface area contributed by atoms with Crippen LogP contribution in [0.1, 0.15) is 31.1 Å². The number of halogens is 1. The van der Waals surface area contributed by atoms with E-state index in [2.05, 4.69) is 10.6 Å². The van der Waals surface area contributed by atoms with Gasteiger partial charge < -0.3 is 10.6 Å². The summed E-state index contributed by atoms with van der Waals surface area (Å²) in [7, 11) is 0. The van der Waals surface area contributed by atoms with Gasteiger partial charge in [-0.3, -0.25) is 4.79 Å². The minimum absolute atomic E-state index is 0.189. The van der Waals surface area contributed by atoms with Crippen LogP contribution < -0.4 is 10.6 Å². The van der Waals surface area contributed by atoms with Crippen LogP contribution in [-0.4, -0.2) is 12.1 Å². The molecule has 3 nitrogen and oxygen atoms in total. The molecule has 1 amide bonds. The first kappa shape index (κ1) is 15.3. The van der Waals surface area contributed by atoms with Crippen LogP contribution in [0.25, 0.3) is 0 Å². The maximum absolute atomic E-state index is 11.9. The molecule has 4 heteroatoms. The average molecular weight is 279 g/mol. The lowest BCUT2D eigenvalue weighted by Crippen LogP contribution is -2.42. The van der Waals surface area contributed by atoms with Crippen molar-refractivity contribution in [3.05, 3.63) is 58.8 Å². The molecule has 0 aliphatic carbocycles. The first-order valence-corrected chi connectivity index (χ1v) is 6.71. The minimum Gasteiger partial charge on any atom is -0.368 e. The highest BCUT2D eigenvalue weighted by Gasteiger charge is 2.13. The molecule has 0 saturated carbocycles. The summed E-state index contributed by atoms with van der Waals surface area (Å²) in [5.74, 6) is -0.189. The fourth-order valence-electron chi connectivity index (χ4n) is 1.53. The summed E-state index contributed by atoms with van der Waals surface area (Å²) in [6, 6.07) is 6.98. The Labute approximate surface area is 119 Å². The largest absolute Gasteiger partial charge is 0.368 e. The standard InChI is InChI=1S/C13H13ClN2O.C2H6/c1-9-6-7-12(15-8-9)16-13(17)10-4-2-3-5-11(10)14;1-2/h2-8,12,15H,1H3,(H,16,17);1-2H3. The molecule has 0 spiro atoms. The molecule has 0 aromatic heterocycles. The van der Waals surface area contributed by atoms with Gasteiger partial charge in [0, 0.05) is 6.20 Å². The van der Waals surface area contributed by atoms with Crippen molar-refractivity contribution in [2.24, 2.45) is 0 Å². The van der Waals surface area contributed by atoms with Crippen LogP contribution in [0.3, 0.4) is 0 Å². The van der Waals surface area contributed by atoms with Crippen LogP contribution in [0.4, 0.5) is 0 Å². The van der Waals surface area contributed by atoms with Gasteiger partial charge in [0.1, 0.15) is 6.17 Å². The molecule has 0 fully saturated rings. The van der Waals surface area contributed by atoms with Gasteiger partial charge in [-0.25, -0.2) is 0 Å². The van der Waals surface area contributed by atoms with Crippen LogP contribution in [0.5, 0.6) is 0 Å². The molecule has 1 aromatic carbocycles. The number of allylic oxidation sites excluding steroid dienone is 2. The Morgan fingerprint density at radius 3 is 2.58 bits per heavy atom. The zero-order valence-electron chi connectivity index (χ0n) is 11.4. The predicted molar refractivity (Wildman–Crippen MR) is 80.1 cm³/mol. The summed E-state index contributed by atoms with van der Waals surface area (Å²) in [5, 5.41) is 6.35. The Hall–Kier alpha value is -1.74. The monoisotopic (exact) mass is 278 g/mol. The third-order valence-electron chi connectivity index (χ3n) is 2.45. The van der Waals surface area contributed by atoms with Crippen molar-refractivity contribution in [2.75, 3.05) is 0 Å². The third kappa shape index (κ3) is 4.45. The molecular weight excluding hydrogens is 260 g/mol. The highest BCUT2D eigenvalue weighted by Crippen LogP contribution is 2.14. The van der Waals surface area contributed by atoms with Crippen molar-refractivity contribution >= 4 is 17.5 Å². The smallest absolute Gasteiger partial charge is 0.254 e. The Morgan fingerprint density at radius 2 is 2.00 bits per heavy atom. The highest BCUT2D eigenvalue weighted by atomic mass is 35.5. The molecule has 1 aliphatic heterocycles.